The van der Waals surface area contributed by atoms with Gasteiger partial charge >= 0.3 is 0 Å². The van der Waals surface area contributed by atoms with Crippen molar-refractivity contribution in [3.63, 3.8) is 0 Å². The molecule has 1 unspecified atom stereocenters. The smallest absolute Gasteiger partial charge is 0.245 e. The Morgan fingerprint density at radius 2 is 2.23 bits per heavy atom. The third-order valence-electron chi connectivity index (χ3n) is 3.55. The Bertz CT molecular complexity index is 475. The number of anilines is 1. The number of thiazole rings is 1. The first-order chi connectivity index (χ1) is 10.0. The van der Waals surface area contributed by atoms with Gasteiger partial charge in [-0.2, -0.15) is 0 Å². The van der Waals surface area contributed by atoms with Crippen molar-refractivity contribution in [3.05, 3.63) is 11.1 Å². The monoisotopic (exact) mass is 348 g/mol. The Labute approximate surface area is 141 Å². The number of nitrogens with one attached hydrogen (secondary N) is 1. The first kappa shape index (κ1) is 19.3. The lowest BCUT2D eigenvalue weighted by Gasteiger charge is -2.25. The van der Waals surface area contributed by atoms with Crippen LogP contribution in [0.25, 0.3) is 0 Å². The van der Waals surface area contributed by atoms with Gasteiger partial charge in [0.15, 0.2) is 5.13 Å². The van der Waals surface area contributed by atoms with E-state index in [9.17, 15) is 4.79 Å². The molecule has 0 radical (unpaired) electrons. The fraction of sp³-hybridized carbons (Fsp3) is 0.714. The number of carbonyl (C=O) groups excluding carboxylic acids is 1. The van der Waals surface area contributed by atoms with Crippen LogP contribution in [-0.4, -0.2) is 47.6 Å². The zero-order chi connectivity index (χ0) is 15.3. The van der Waals surface area contributed by atoms with Gasteiger partial charge in [0.25, 0.3) is 0 Å². The molecule has 1 aliphatic heterocycles. The molecule has 0 aromatic carbocycles. The van der Waals surface area contributed by atoms with E-state index in [0.29, 0.717) is 11.6 Å². The van der Waals surface area contributed by atoms with E-state index in [1.807, 2.05) is 12.3 Å². The van der Waals surface area contributed by atoms with Crippen LogP contribution in [0.15, 0.2) is 5.38 Å². The van der Waals surface area contributed by atoms with Gasteiger partial charge in [-0.15, -0.1) is 23.7 Å². The Morgan fingerprint density at radius 3 is 2.86 bits per heavy atom. The summed E-state index contributed by atoms with van der Waals surface area (Å²) in [4.78, 5) is 18.9. The van der Waals surface area contributed by atoms with Crippen LogP contribution in [0, 0.1) is 0 Å². The maximum atomic E-state index is 12.1. The maximum Gasteiger partial charge on any atom is 0.245 e. The third-order valence-corrected chi connectivity index (χ3v) is 4.36. The summed E-state index contributed by atoms with van der Waals surface area (Å²) in [5.41, 5.74) is 6.15. The number of nitrogens with two attached hydrogens (primary N) is 1. The average molecular weight is 349 g/mol. The number of rotatable bonds is 6. The maximum absolute atomic E-state index is 12.1. The van der Waals surface area contributed by atoms with Crippen LogP contribution < -0.4 is 11.1 Å². The lowest BCUT2D eigenvalue weighted by atomic mass is 9.97. The quantitative estimate of drug-likeness (QED) is 0.820. The van der Waals surface area contributed by atoms with Gasteiger partial charge in [-0.25, -0.2) is 4.98 Å². The summed E-state index contributed by atoms with van der Waals surface area (Å²) in [5.74, 6) is -0.170. The van der Waals surface area contributed by atoms with E-state index < -0.39 is 5.54 Å². The summed E-state index contributed by atoms with van der Waals surface area (Å²) >= 11 is 1.44. The lowest BCUT2D eigenvalue weighted by Crippen LogP contribution is -2.48. The number of halogens is 1. The van der Waals surface area contributed by atoms with Crippen LogP contribution in [0.3, 0.4) is 0 Å². The van der Waals surface area contributed by atoms with Gasteiger partial charge < -0.3 is 15.8 Å². The minimum atomic E-state index is -0.842. The third kappa shape index (κ3) is 5.48. The van der Waals surface area contributed by atoms with Crippen molar-refractivity contribution < 1.29 is 9.53 Å². The van der Waals surface area contributed by atoms with E-state index in [-0.39, 0.29) is 18.3 Å². The second-order valence-electron chi connectivity index (χ2n) is 5.65. The van der Waals surface area contributed by atoms with Crippen molar-refractivity contribution in [2.45, 2.75) is 38.8 Å². The summed E-state index contributed by atoms with van der Waals surface area (Å²) in [6, 6.07) is 0. The predicted molar refractivity (Wildman–Crippen MR) is 91.6 cm³/mol. The van der Waals surface area contributed by atoms with Gasteiger partial charge in [0, 0.05) is 25.0 Å². The molecule has 22 heavy (non-hydrogen) atoms. The number of morpholine rings is 1. The fourth-order valence-corrected chi connectivity index (χ4v) is 2.99. The summed E-state index contributed by atoms with van der Waals surface area (Å²) < 4.78 is 5.33. The molecule has 1 aromatic heterocycles. The SMILES string of the molecule is CCCC(C)(N)C(=O)Nc1nc(CN2CCOCC2)cs1.Cl. The van der Waals surface area contributed by atoms with E-state index in [4.69, 9.17) is 10.5 Å². The highest BCUT2D eigenvalue weighted by Gasteiger charge is 2.27. The average Bonchev–Trinajstić information content (AvgIpc) is 2.87. The minimum Gasteiger partial charge on any atom is -0.379 e. The molecular formula is C14H25ClN4O2S. The highest BCUT2D eigenvalue weighted by Crippen LogP contribution is 2.19. The van der Waals surface area contributed by atoms with Gasteiger partial charge in [-0.05, 0) is 13.3 Å². The second kappa shape index (κ2) is 8.79. The van der Waals surface area contributed by atoms with E-state index in [1.54, 1.807) is 6.92 Å². The number of hydrogen-bond acceptors (Lipinski definition) is 6. The zero-order valence-electron chi connectivity index (χ0n) is 13.1. The standard InChI is InChI=1S/C14H24N4O2S.ClH/c1-3-4-14(2,15)12(19)17-13-16-11(10-21-13)9-18-5-7-20-8-6-18;/h10H,3-9,15H2,1-2H3,(H,16,17,19);1H. The van der Waals surface area contributed by atoms with Gasteiger partial charge in [0.05, 0.1) is 24.4 Å². The van der Waals surface area contributed by atoms with Gasteiger partial charge in [-0.3, -0.25) is 9.69 Å². The van der Waals surface area contributed by atoms with Crippen molar-refractivity contribution in [3.8, 4) is 0 Å². The largest absolute Gasteiger partial charge is 0.379 e. The minimum absolute atomic E-state index is 0. The number of aromatic nitrogens is 1. The summed E-state index contributed by atoms with van der Waals surface area (Å²) in [6.07, 6.45) is 1.53. The van der Waals surface area contributed by atoms with Crippen molar-refractivity contribution >= 4 is 34.8 Å². The molecule has 0 aliphatic carbocycles. The first-order valence-electron chi connectivity index (χ1n) is 7.36. The highest BCUT2D eigenvalue weighted by molar-refractivity contribution is 7.13. The van der Waals surface area contributed by atoms with E-state index in [0.717, 1.165) is 45.0 Å². The van der Waals surface area contributed by atoms with Crippen LogP contribution in [0.4, 0.5) is 5.13 Å². The second-order valence-corrected chi connectivity index (χ2v) is 6.51. The Kier molecular flexibility index (Phi) is 7.71. The van der Waals surface area contributed by atoms with E-state index >= 15 is 0 Å². The molecule has 6 nitrogen and oxygen atoms in total. The molecule has 0 saturated carbocycles. The van der Waals surface area contributed by atoms with Crippen molar-refractivity contribution in [1.29, 1.82) is 0 Å². The molecule has 1 aromatic rings. The van der Waals surface area contributed by atoms with E-state index in [1.165, 1.54) is 11.3 Å². The van der Waals surface area contributed by atoms with Crippen LogP contribution in [0.1, 0.15) is 32.4 Å². The normalized spacial score (nSPS) is 18.3. The van der Waals surface area contributed by atoms with Crippen molar-refractivity contribution in [2.75, 3.05) is 31.6 Å². The molecule has 0 spiro atoms. The van der Waals surface area contributed by atoms with E-state index in [2.05, 4.69) is 15.2 Å². The molecule has 1 amide bonds. The van der Waals surface area contributed by atoms with Gasteiger partial charge in [0.2, 0.25) is 5.91 Å². The lowest BCUT2D eigenvalue weighted by molar-refractivity contribution is -0.120. The summed E-state index contributed by atoms with van der Waals surface area (Å²) in [5, 5.41) is 5.43. The van der Waals surface area contributed by atoms with Gasteiger partial charge in [-0.1, -0.05) is 13.3 Å². The molecule has 3 N–H and O–H groups in total. The van der Waals surface area contributed by atoms with Crippen LogP contribution in [0.5, 0.6) is 0 Å². The van der Waals surface area contributed by atoms with Crippen molar-refractivity contribution in [1.82, 2.24) is 9.88 Å². The molecule has 2 heterocycles. The first-order valence-corrected chi connectivity index (χ1v) is 8.24. The van der Waals surface area contributed by atoms with Crippen LogP contribution >= 0.6 is 23.7 Å². The molecule has 126 valence electrons. The topological polar surface area (TPSA) is 80.5 Å². The molecule has 1 atom stereocenters. The molecule has 1 aliphatic rings. The highest BCUT2D eigenvalue weighted by atomic mass is 35.5. The molecule has 2 rings (SSSR count). The Morgan fingerprint density at radius 1 is 1.55 bits per heavy atom. The predicted octanol–water partition coefficient (Wildman–Crippen LogP) is 1.85. The number of nitrogens with zero attached hydrogens (tertiary/aromatic N) is 2. The molecule has 1 saturated heterocycles. The van der Waals surface area contributed by atoms with Crippen LogP contribution in [0.2, 0.25) is 0 Å². The Balaban J connectivity index is 0.00000242. The zero-order valence-corrected chi connectivity index (χ0v) is 14.8. The summed E-state index contributed by atoms with van der Waals surface area (Å²) in [6.45, 7) is 7.97. The van der Waals surface area contributed by atoms with Crippen LogP contribution in [-0.2, 0) is 16.1 Å². The number of hydrogen-bond donors (Lipinski definition) is 2. The number of carbonyl (C=O) groups is 1. The molecule has 1 fully saturated rings. The number of amides is 1. The van der Waals surface area contributed by atoms with Crippen molar-refractivity contribution in [2.24, 2.45) is 5.73 Å². The molecule has 8 heteroatoms. The fourth-order valence-electron chi connectivity index (χ4n) is 2.30. The number of ether oxygens (including phenoxy) is 1. The van der Waals surface area contributed by atoms with Gasteiger partial charge in [0.1, 0.15) is 0 Å². The summed E-state index contributed by atoms with van der Waals surface area (Å²) in [7, 11) is 0. The molecule has 0 bridgehead atoms. The molecular weight excluding hydrogens is 324 g/mol. The Hall–Kier alpha value is -0.730.